The number of amides is 1. The van der Waals surface area contributed by atoms with Crippen molar-refractivity contribution in [3.8, 4) is 0 Å². The summed E-state index contributed by atoms with van der Waals surface area (Å²) in [7, 11) is 0. The lowest BCUT2D eigenvalue weighted by molar-refractivity contribution is -0.161. The maximum absolute atomic E-state index is 13.4. The molecule has 2 atom stereocenters. The van der Waals surface area contributed by atoms with Crippen molar-refractivity contribution in [3.63, 3.8) is 0 Å². The van der Waals surface area contributed by atoms with Gasteiger partial charge in [0.2, 0.25) is 0 Å². The van der Waals surface area contributed by atoms with Gasteiger partial charge in [0.25, 0.3) is 5.91 Å². The molecule has 2 unspecified atom stereocenters. The predicted octanol–water partition coefficient (Wildman–Crippen LogP) is 3.31. The van der Waals surface area contributed by atoms with E-state index < -0.39 is 0 Å². The second kappa shape index (κ2) is 6.45. The molecule has 1 aliphatic carbocycles. The Morgan fingerprint density at radius 3 is 2.67 bits per heavy atom. The summed E-state index contributed by atoms with van der Waals surface area (Å²) in [5.41, 5.74) is 3.07. The Morgan fingerprint density at radius 2 is 2.04 bits per heavy atom. The minimum atomic E-state index is 0.107. The van der Waals surface area contributed by atoms with Gasteiger partial charge in [-0.15, -0.1) is 0 Å². The zero-order valence-electron chi connectivity index (χ0n) is 16.1. The van der Waals surface area contributed by atoms with Crippen LogP contribution in [-0.2, 0) is 0 Å². The Bertz CT molecular complexity index is 805. The average molecular weight is 385 g/mol. The zero-order chi connectivity index (χ0) is 18.6. The Balaban J connectivity index is 1.40. The van der Waals surface area contributed by atoms with E-state index in [1.165, 1.54) is 49.5 Å². The fourth-order valence-corrected chi connectivity index (χ4v) is 6.35. The van der Waals surface area contributed by atoms with E-state index in [-0.39, 0.29) is 5.91 Å². The molecule has 0 bridgehead atoms. The van der Waals surface area contributed by atoms with Crippen LogP contribution in [0, 0.1) is 0 Å². The second-order valence-electron chi connectivity index (χ2n) is 8.39. The smallest absolute Gasteiger partial charge is 0.274 e. The Kier molecular flexibility index (Phi) is 4.17. The molecule has 3 aliphatic heterocycles. The number of piperazine rings is 1. The van der Waals surface area contributed by atoms with E-state index in [4.69, 9.17) is 0 Å². The van der Waals surface area contributed by atoms with E-state index in [0.29, 0.717) is 17.3 Å². The minimum Gasteiger partial charge on any atom is -0.375 e. The van der Waals surface area contributed by atoms with Gasteiger partial charge in [-0.2, -0.15) is 4.37 Å². The number of hydrogen-bond donors (Lipinski definition) is 0. The molecule has 1 amide bonds. The molecule has 1 spiro atoms. The van der Waals surface area contributed by atoms with Gasteiger partial charge in [0.1, 0.15) is 5.69 Å². The topological polar surface area (TPSA) is 39.7 Å². The summed E-state index contributed by atoms with van der Waals surface area (Å²) < 4.78 is 4.59. The van der Waals surface area contributed by atoms with Crippen molar-refractivity contribution in [1.29, 1.82) is 0 Å². The highest BCUT2D eigenvalue weighted by Crippen LogP contribution is 2.51. The van der Waals surface area contributed by atoms with Crippen LogP contribution in [0.3, 0.4) is 0 Å². The minimum absolute atomic E-state index is 0.107. The molecule has 1 saturated carbocycles. The summed E-state index contributed by atoms with van der Waals surface area (Å²) in [4.78, 5) is 21.6. The highest BCUT2D eigenvalue weighted by molar-refractivity contribution is 7.07. The SMILES string of the molecule is C=Cc1c(C(=O)N2CCN3CCC34CCC24)nsc1/C=C(\C)N1CCCC1. The summed E-state index contributed by atoms with van der Waals surface area (Å²) in [6.07, 6.45) is 10.2. The molecule has 4 fully saturated rings. The molecule has 5 nitrogen and oxygen atoms in total. The fourth-order valence-electron chi connectivity index (χ4n) is 5.48. The number of hydrogen-bond acceptors (Lipinski definition) is 5. The fraction of sp³-hybridized carbons (Fsp3) is 0.619. The first-order valence-corrected chi connectivity index (χ1v) is 11.0. The third-order valence-corrected chi connectivity index (χ3v) is 8.08. The standard InChI is InChI=1S/C21H28N4OS/c1-3-16-17(14-15(2)23-9-4-5-10-23)27-22-19(16)20(26)25-13-12-24-11-8-21(24)7-6-18(21)25/h3,14,18H,1,4-13H2,2H3/b15-14+. The third kappa shape index (κ3) is 2.53. The van der Waals surface area contributed by atoms with E-state index in [1.807, 2.05) is 6.08 Å². The molecule has 4 aliphatic rings. The first-order valence-electron chi connectivity index (χ1n) is 10.3. The molecule has 0 N–H and O–H groups in total. The quantitative estimate of drug-likeness (QED) is 0.799. The molecule has 27 heavy (non-hydrogen) atoms. The lowest BCUT2D eigenvalue weighted by Gasteiger charge is -2.68. The van der Waals surface area contributed by atoms with Gasteiger partial charge in [-0.25, -0.2) is 0 Å². The number of likely N-dealkylation sites (tertiary alicyclic amines) is 1. The number of rotatable bonds is 4. The van der Waals surface area contributed by atoms with Crippen LogP contribution in [0.25, 0.3) is 12.2 Å². The van der Waals surface area contributed by atoms with Crippen LogP contribution in [0.15, 0.2) is 12.3 Å². The van der Waals surface area contributed by atoms with Crippen LogP contribution in [0.2, 0.25) is 0 Å². The van der Waals surface area contributed by atoms with Crippen molar-refractivity contribution in [3.05, 3.63) is 28.4 Å². The summed E-state index contributed by atoms with van der Waals surface area (Å²) >= 11 is 1.43. The van der Waals surface area contributed by atoms with Gasteiger partial charge in [0, 0.05) is 49.5 Å². The molecule has 0 aromatic carbocycles. The van der Waals surface area contributed by atoms with E-state index in [1.54, 1.807) is 0 Å². The van der Waals surface area contributed by atoms with Gasteiger partial charge in [-0.05, 0) is 56.6 Å². The Labute approximate surface area is 165 Å². The van der Waals surface area contributed by atoms with Crippen LogP contribution >= 0.6 is 11.5 Å². The molecular weight excluding hydrogens is 356 g/mol. The van der Waals surface area contributed by atoms with Crippen LogP contribution in [-0.4, -0.2) is 69.3 Å². The molecule has 1 aromatic rings. The van der Waals surface area contributed by atoms with Crippen molar-refractivity contribution >= 4 is 29.6 Å². The molecule has 6 heteroatoms. The largest absolute Gasteiger partial charge is 0.375 e. The lowest BCUT2D eigenvalue weighted by Crippen LogP contribution is -2.79. The van der Waals surface area contributed by atoms with Gasteiger partial charge >= 0.3 is 0 Å². The normalized spacial score (nSPS) is 30.4. The highest BCUT2D eigenvalue weighted by Gasteiger charge is 2.61. The average Bonchev–Trinajstić information content (AvgIpc) is 3.27. The third-order valence-electron chi connectivity index (χ3n) is 7.27. The first kappa shape index (κ1) is 17.4. The molecular formula is C21H28N4OS. The second-order valence-corrected chi connectivity index (χ2v) is 9.19. The maximum atomic E-state index is 13.4. The maximum Gasteiger partial charge on any atom is 0.274 e. The molecule has 1 aromatic heterocycles. The number of allylic oxidation sites excluding steroid dienone is 1. The van der Waals surface area contributed by atoms with Crippen LogP contribution in [0.1, 0.15) is 60.0 Å². The molecule has 4 heterocycles. The number of nitrogens with zero attached hydrogens (tertiary/aromatic N) is 4. The van der Waals surface area contributed by atoms with Crippen LogP contribution in [0.4, 0.5) is 0 Å². The van der Waals surface area contributed by atoms with E-state index >= 15 is 0 Å². The molecule has 3 saturated heterocycles. The van der Waals surface area contributed by atoms with Crippen LogP contribution < -0.4 is 0 Å². The van der Waals surface area contributed by atoms with Gasteiger partial charge in [0.15, 0.2) is 0 Å². The summed E-state index contributed by atoms with van der Waals surface area (Å²) in [5.74, 6) is 0.107. The van der Waals surface area contributed by atoms with Gasteiger partial charge in [-0.1, -0.05) is 12.7 Å². The monoisotopic (exact) mass is 384 g/mol. The zero-order valence-corrected chi connectivity index (χ0v) is 16.9. The Hall–Kier alpha value is -1.66. The number of carbonyl (C=O) groups excluding carboxylic acids is 1. The van der Waals surface area contributed by atoms with Gasteiger partial charge < -0.3 is 9.80 Å². The summed E-state index contributed by atoms with van der Waals surface area (Å²) in [6.45, 7) is 11.5. The van der Waals surface area contributed by atoms with Crippen molar-refractivity contribution < 1.29 is 4.79 Å². The van der Waals surface area contributed by atoms with Crippen molar-refractivity contribution in [2.45, 2.75) is 50.6 Å². The molecule has 0 radical (unpaired) electrons. The number of carbonyl (C=O) groups is 1. The van der Waals surface area contributed by atoms with E-state index in [0.717, 1.165) is 43.0 Å². The van der Waals surface area contributed by atoms with Gasteiger partial charge in [-0.3, -0.25) is 9.69 Å². The summed E-state index contributed by atoms with van der Waals surface area (Å²) in [6, 6.07) is 0.386. The number of aromatic nitrogens is 1. The Morgan fingerprint density at radius 1 is 1.22 bits per heavy atom. The van der Waals surface area contributed by atoms with E-state index in [2.05, 4.69) is 38.7 Å². The highest BCUT2D eigenvalue weighted by atomic mass is 32.1. The lowest BCUT2D eigenvalue weighted by atomic mass is 9.61. The molecule has 144 valence electrons. The first-order chi connectivity index (χ1) is 13.1. The summed E-state index contributed by atoms with van der Waals surface area (Å²) in [5, 5.41) is 0. The van der Waals surface area contributed by atoms with E-state index in [9.17, 15) is 4.79 Å². The predicted molar refractivity (Wildman–Crippen MR) is 110 cm³/mol. The molecule has 5 rings (SSSR count). The van der Waals surface area contributed by atoms with Crippen molar-refractivity contribution in [2.75, 3.05) is 32.7 Å². The van der Waals surface area contributed by atoms with Crippen molar-refractivity contribution in [2.24, 2.45) is 0 Å². The van der Waals surface area contributed by atoms with Gasteiger partial charge in [0.05, 0.1) is 10.9 Å². The van der Waals surface area contributed by atoms with Crippen molar-refractivity contribution in [1.82, 2.24) is 19.1 Å². The van der Waals surface area contributed by atoms with Crippen LogP contribution in [0.5, 0.6) is 0 Å².